The highest BCUT2D eigenvalue weighted by atomic mass is 16.4. The van der Waals surface area contributed by atoms with Crippen LogP contribution in [0.3, 0.4) is 0 Å². The summed E-state index contributed by atoms with van der Waals surface area (Å²) in [5.41, 5.74) is 8.52. The van der Waals surface area contributed by atoms with E-state index in [9.17, 15) is 14.4 Å². The number of benzene rings is 2. The molecule has 0 radical (unpaired) electrons. The number of hydrogen-bond donors (Lipinski definition) is 2. The van der Waals surface area contributed by atoms with E-state index >= 15 is 0 Å². The Kier molecular flexibility index (Phi) is 6.64. The molecule has 2 aromatic carbocycles. The predicted octanol–water partition coefficient (Wildman–Crippen LogP) is 2.88. The third-order valence-electron chi connectivity index (χ3n) is 4.89. The fraction of sp³-hybridized carbons (Fsp3) is 0.174. The lowest BCUT2D eigenvalue weighted by molar-refractivity contribution is -0.131. The fourth-order valence-corrected chi connectivity index (χ4v) is 3.18. The van der Waals surface area contributed by atoms with Gasteiger partial charge in [0.25, 0.3) is 0 Å². The largest absolute Gasteiger partial charge is 0.478 e. The topological polar surface area (TPSA) is 104 Å². The van der Waals surface area contributed by atoms with Gasteiger partial charge in [0.05, 0.1) is 0 Å². The van der Waals surface area contributed by atoms with Crippen molar-refractivity contribution in [1.29, 1.82) is 0 Å². The molecule has 0 atom stereocenters. The van der Waals surface area contributed by atoms with Crippen LogP contribution in [-0.2, 0) is 4.79 Å². The molecule has 7 heteroatoms. The van der Waals surface area contributed by atoms with Crippen LogP contribution in [0.25, 0.3) is 12.2 Å². The molecule has 0 spiro atoms. The number of hydrogen-bond acceptors (Lipinski definition) is 4. The van der Waals surface area contributed by atoms with Crippen molar-refractivity contribution in [3.63, 3.8) is 0 Å². The molecule has 7 nitrogen and oxygen atoms in total. The summed E-state index contributed by atoms with van der Waals surface area (Å²) in [6, 6.07) is 14.2. The molecular formula is C23H23N3O4. The second kappa shape index (κ2) is 9.56. The SMILES string of the molecule is NC(=O)N1CCN(c2ccc(C(=O)C=Cc3ccc(C=CC(=O)O)cc3)cc2)CC1. The fourth-order valence-electron chi connectivity index (χ4n) is 3.18. The van der Waals surface area contributed by atoms with Gasteiger partial charge >= 0.3 is 12.0 Å². The maximum absolute atomic E-state index is 12.4. The number of aliphatic carboxylic acids is 1. The monoisotopic (exact) mass is 405 g/mol. The lowest BCUT2D eigenvalue weighted by Crippen LogP contribution is -2.50. The number of carbonyl (C=O) groups is 3. The summed E-state index contributed by atoms with van der Waals surface area (Å²) in [5.74, 6) is -1.10. The second-order valence-electron chi connectivity index (χ2n) is 6.90. The molecule has 2 aromatic rings. The zero-order chi connectivity index (χ0) is 21.5. The molecule has 0 bridgehead atoms. The van der Waals surface area contributed by atoms with Crippen LogP contribution in [0.15, 0.2) is 60.7 Å². The number of rotatable bonds is 6. The van der Waals surface area contributed by atoms with Crippen molar-refractivity contribution in [3.05, 3.63) is 77.4 Å². The summed E-state index contributed by atoms with van der Waals surface area (Å²) in [6.07, 6.45) is 5.83. The molecule has 1 aliphatic rings. The summed E-state index contributed by atoms with van der Waals surface area (Å²) >= 11 is 0. The van der Waals surface area contributed by atoms with Gasteiger partial charge in [0.15, 0.2) is 5.78 Å². The maximum Gasteiger partial charge on any atom is 0.328 e. The van der Waals surface area contributed by atoms with Gasteiger partial charge in [0, 0.05) is 43.5 Å². The molecule has 0 unspecified atom stereocenters. The number of allylic oxidation sites excluding steroid dienone is 1. The van der Waals surface area contributed by atoms with Crippen molar-refractivity contribution in [1.82, 2.24) is 4.90 Å². The minimum Gasteiger partial charge on any atom is -0.478 e. The molecule has 0 aromatic heterocycles. The predicted molar refractivity (Wildman–Crippen MR) is 116 cm³/mol. The zero-order valence-electron chi connectivity index (χ0n) is 16.4. The van der Waals surface area contributed by atoms with Crippen LogP contribution in [0.4, 0.5) is 10.5 Å². The van der Waals surface area contributed by atoms with Gasteiger partial charge in [-0.1, -0.05) is 30.3 Å². The van der Waals surface area contributed by atoms with Crippen molar-refractivity contribution < 1.29 is 19.5 Å². The Bertz CT molecular complexity index is 971. The number of piperazine rings is 1. The molecule has 3 N–H and O–H groups in total. The standard InChI is InChI=1S/C23H23N3O4/c24-23(30)26-15-13-25(14-16-26)20-9-7-19(8-10-20)21(27)11-5-17-1-3-18(4-2-17)6-12-22(28)29/h1-12H,13-16H2,(H2,24,30)(H,28,29). The van der Waals surface area contributed by atoms with Crippen LogP contribution in [0.1, 0.15) is 21.5 Å². The number of carboxylic acids is 1. The summed E-state index contributed by atoms with van der Waals surface area (Å²) in [5, 5.41) is 8.65. The van der Waals surface area contributed by atoms with E-state index in [0.29, 0.717) is 31.7 Å². The number of primary amides is 1. The molecule has 3 rings (SSSR count). The minimum absolute atomic E-state index is 0.102. The highest BCUT2D eigenvalue weighted by Gasteiger charge is 2.19. The van der Waals surface area contributed by atoms with Crippen LogP contribution in [0.5, 0.6) is 0 Å². The summed E-state index contributed by atoms with van der Waals surface area (Å²) < 4.78 is 0. The van der Waals surface area contributed by atoms with E-state index in [1.54, 1.807) is 35.2 Å². The van der Waals surface area contributed by atoms with E-state index in [2.05, 4.69) is 4.90 Å². The number of carboxylic acid groups (broad SMARTS) is 1. The van der Waals surface area contributed by atoms with Crippen molar-refractivity contribution in [2.75, 3.05) is 31.1 Å². The zero-order valence-corrected chi connectivity index (χ0v) is 16.4. The third-order valence-corrected chi connectivity index (χ3v) is 4.89. The van der Waals surface area contributed by atoms with Crippen LogP contribution in [0.2, 0.25) is 0 Å². The Morgan fingerprint density at radius 1 is 0.800 bits per heavy atom. The van der Waals surface area contributed by atoms with E-state index in [-0.39, 0.29) is 5.78 Å². The first-order valence-corrected chi connectivity index (χ1v) is 9.55. The number of nitrogens with zero attached hydrogens (tertiary/aromatic N) is 2. The molecule has 0 aliphatic carbocycles. The van der Waals surface area contributed by atoms with Gasteiger partial charge in [-0.15, -0.1) is 0 Å². The quantitative estimate of drug-likeness (QED) is 0.568. The number of nitrogens with two attached hydrogens (primary N) is 1. The molecular weight excluding hydrogens is 382 g/mol. The van der Waals surface area contributed by atoms with E-state index in [1.807, 2.05) is 24.3 Å². The molecule has 1 fully saturated rings. The van der Waals surface area contributed by atoms with Gasteiger partial charge in [-0.05, 0) is 47.5 Å². The van der Waals surface area contributed by atoms with E-state index < -0.39 is 12.0 Å². The number of carbonyl (C=O) groups excluding carboxylic acids is 2. The van der Waals surface area contributed by atoms with Gasteiger partial charge < -0.3 is 20.6 Å². The summed E-state index contributed by atoms with van der Waals surface area (Å²) in [6.45, 7) is 2.58. The first-order chi connectivity index (χ1) is 14.4. The van der Waals surface area contributed by atoms with E-state index in [4.69, 9.17) is 10.8 Å². The second-order valence-corrected chi connectivity index (χ2v) is 6.90. The molecule has 1 aliphatic heterocycles. The summed E-state index contributed by atoms with van der Waals surface area (Å²) in [4.78, 5) is 38.0. The average Bonchev–Trinajstić information content (AvgIpc) is 2.77. The Balaban J connectivity index is 1.58. The highest BCUT2D eigenvalue weighted by Crippen LogP contribution is 2.18. The molecule has 1 saturated heterocycles. The smallest absolute Gasteiger partial charge is 0.328 e. The Morgan fingerprint density at radius 3 is 1.83 bits per heavy atom. The van der Waals surface area contributed by atoms with Crippen LogP contribution in [-0.4, -0.2) is 54.0 Å². The van der Waals surface area contributed by atoms with Crippen molar-refractivity contribution in [2.24, 2.45) is 5.73 Å². The van der Waals surface area contributed by atoms with E-state index in [1.165, 1.54) is 12.2 Å². The van der Waals surface area contributed by atoms with Crippen molar-refractivity contribution >= 4 is 35.6 Å². The van der Waals surface area contributed by atoms with Crippen molar-refractivity contribution in [2.45, 2.75) is 0 Å². The van der Waals surface area contributed by atoms with Gasteiger partial charge in [-0.3, -0.25) is 4.79 Å². The highest BCUT2D eigenvalue weighted by molar-refractivity contribution is 6.07. The number of amides is 2. The number of ketones is 1. The first-order valence-electron chi connectivity index (χ1n) is 9.55. The summed E-state index contributed by atoms with van der Waals surface area (Å²) in [7, 11) is 0. The van der Waals surface area contributed by atoms with Crippen LogP contribution >= 0.6 is 0 Å². The van der Waals surface area contributed by atoms with Crippen LogP contribution in [0, 0.1) is 0 Å². The Hall–Kier alpha value is -3.87. The molecule has 0 saturated carbocycles. The third kappa shape index (κ3) is 5.57. The van der Waals surface area contributed by atoms with Crippen molar-refractivity contribution in [3.8, 4) is 0 Å². The number of urea groups is 1. The lowest BCUT2D eigenvalue weighted by Gasteiger charge is -2.35. The lowest BCUT2D eigenvalue weighted by atomic mass is 10.1. The maximum atomic E-state index is 12.4. The minimum atomic E-state index is -0.997. The molecule has 30 heavy (non-hydrogen) atoms. The first kappa shape index (κ1) is 20.9. The molecule has 2 amide bonds. The van der Waals surface area contributed by atoms with Gasteiger partial charge in [-0.2, -0.15) is 0 Å². The van der Waals surface area contributed by atoms with E-state index in [0.717, 1.165) is 22.9 Å². The Morgan fingerprint density at radius 2 is 1.33 bits per heavy atom. The van der Waals surface area contributed by atoms with Gasteiger partial charge in [0.2, 0.25) is 0 Å². The van der Waals surface area contributed by atoms with Crippen LogP contribution < -0.4 is 10.6 Å². The molecule has 154 valence electrons. The van der Waals surface area contributed by atoms with Gasteiger partial charge in [-0.25, -0.2) is 9.59 Å². The number of anilines is 1. The normalized spacial score (nSPS) is 14.4. The Labute approximate surface area is 174 Å². The average molecular weight is 405 g/mol. The van der Waals surface area contributed by atoms with Gasteiger partial charge in [0.1, 0.15) is 0 Å². The molecule has 1 heterocycles.